The molecule has 0 unspecified atom stereocenters. The predicted molar refractivity (Wildman–Crippen MR) is 17.5 cm³/mol. The van der Waals surface area contributed by atoms with E-state index in [0.29, 0.717) is 0 Å². The summed E-state index contributed by atoms with van der Waals surface area (Å²) >= 11 is 0. The molecule has 0 aromatic heterocycles. The molecule has 4 heavy (non-hydrogen) atoms. The van der Waals surface area contributed by atoms with Crippen molar-refractivity contribution < 1.29 is 48.4 Å². The van der Waals surface area contributed by atoms with Gasteiger partial charge >= 0.3 is 48.4 Å². The maximum Gasteiger partial charge on any atom is 1.00 e. The van der Waals surface area contributed by atoms with Crippen molar-refractivity contribution in [2.24, 2.45) is 0 Å². The summed E-state index contributed by atoms with van der Waals surface area (Å²) in [5, 5.41) is 0. The van der Waals surface area contributed by atoms with Crippen molar-refractivity contribution in [3.8, 4) is 0 Å². The van der Waals surface area contributed by atoms with Gasteiger partial charge in [0, 0.05) is 0 Å². The molecule has 0 rings (SSSR count). The quantitative estimate of drug-likeness (QED) is 0.167. The molecule has 0 atom stereocenters. The molecule has 0 saturated carbocycles. The number of rotatable bonds is 0. The van der Waals surface area contributed by atoms with Crippen LogP contribution in [0.15, 0.2) is 0 Å². The first-order valence-electron chi connectivity index (χ1n) is 0. The van der Waals surface area contributed by atoms with Crippen LogP contribution in [-0.2, 0) is 27.0 Å². The summed E-state index contributed by atoms with van der Waals surface area (Å²) < 4.78 is 0. The molecule has 4 heteroatoms. The second-order valence-corrected chi connectivity index (χ2v) is 0. The van der Waals surface area contributed by atoms with Gasteiger partial charge in [0.05, 0.1) is 0 Å². The zero-order valence-corrected chi connectivity index (χ0v) is 6.68. The maximum atomic E-state index is 0. The molecule has 0 nitrogen and oxygen atoms in total. The van der Waals surface area contributed by atoms with Crippen LogP contribution in [0.3, 0.4) is 0 Å². The predicted octanol–water partition coefficient (Wildman–Crippen LogP) is -6.53. The van der Waals surface area contributed by atoms with Gasteiger partial charge in [-0.25, -0.2) is 0 Å². The summed E-state index contributed by atoms with van der Waals surface area (Å²) in [6.45, 7) is 0. The van der Waals surface area contributed by atoms with Crippen molar-refractivity contribution in [2.75, 3.05) is 0 Å². The standard InChI is InChI=1S/Li.Na.2H2S/h;;2*1H2/q2*+1;;/p-2. The molecule has 0 amide bonds. The molecule has 0 aromatic carbocycles. The molecule has 16 valence electrons. The Labute approximate surface area is 74.5 Å². The summed E-state index contributed by atoms with van der Waals surface area (Å²) in [5.74, 6) is 0. The molecule has 0 N–H and O–H groups in total. The van der Waals surface area contributed by atoms with Gasteiger partial charge in [-0.3, -0.25) is 0 Å². The molecule has 0 aliphatic carbocycles. The monoisotopic (exact) mass is 96.0 g/mol. The number of thiol groups is 2. The first kappa shape index (κ1) is 33.5. The van der Waals surface area contributed by atoms with Crippen LogP contribution in [-0.4, -0.2) is 0 Å². The number of hydrogen-bond donors (Lipinski definition) is 0. The number of hydrogen-bond acceptors (Lipinski definition) is 2. The minimum atomic E-state index is 0. The Bertz CT molecular complexity index is 6.00. The molecular formula is H2LiNaS2. The van der Waals surface area contributed by atoms with Gasteiger partial charge in [0.25, 0.3) is 0 Å². The third kappa shape index (κ3) is 8.85. The van der Waals surface area contributed by atoms with Crippen LogP contribution in [0.1, 0.15) is 0 Å². The van der Waals surface area contributed by atoms with Gasteiger partial charge < -0.3 is 27.0 Å². The minimum Gasteiger partial charge on any atom is -0.813 e. The summed E-state index contributed by atoms with van der Waals surface area (Å²) in [6.07, 6.45) is 0. The molecule has 0 saturated heterocycles. The van der Waals surface area contributed by atoms with E-state index < -0.39 is 0 Å². The van der Waals surface area contributed by atoms with Crippen LogP contribution in [0.2, 0.25) is 0 Å². The summed E-state index contributed by atoms with van der Waals surface area (Å²) in [6, 6.07) is 0. The van der Waals surface area contributed by atoms with Crippen molar-refractivity contribution >= 4 is 27.0 Å². The average molecular weight is 96.1 g/mol. The van der Waals surface area contributed by atoms with Crippen LogP contribution in [0.25, 0.3) is 0 Å². The third-order valence-corrected chi connectivity index (χ3v) is 0. The summed E-state index contributed by atoms with van der Waals surface area (Å²) in [7, 11) is 0. The van der Waals surface area contributed by atoms with Gasteiger partial charge in [-0.1, -0.05) is 0 Å². The van der Waals surface area contributed by atoms with Crippen LogP contribution >= 0.6 is 0 Å². The van der Waals surface area contributed by atoms with Gasteiger partial charge in [-0.2, -0.15) is 0 Å². The third-order valence-electron chi connectivity index (χ3n) is 0. The topological polar surface area (TPSA) is 0 Å². The van der Waals surface area contributed by atoms with Crippen LogP contribution in [0, 0.1) is 0 Å². The van der Waals surface area contributed by atoms with E-state index in [-0.39, 0.29) is 75.4 Å². The summed E-state index contributed by atoms with van der Waals surface area (Å²) in [4.78, 5) is 0. The van der Waals surface area contributed by atoms with Gasteiger partial charge in [-0.05, 0) is 0 Å². The van der Waals surface area contributed by atoms with Crippen LogP contribution < -0.4 is 48.4 Å². The molecular weight excluding hydrogens is 94.1 g/mol. The fourth-order valence-corrected chi connectivity index (χ4v) is 0. The van der Waals surface area contributed by atoms with E-state index in [9.17, 15) is 0 Å². The average Bonchev–Trinajstić information content (AvgIpc) is 0. The molecule has 0 heterocycles. The van der Waals surface area contributed by atoms with E-state index in [1.165, 1.54) is 0 Å². The van der Waals surface area contributed by atoms with Crippen molar-refractivity contribution in [1.82, 2.24) is 0 Å². The first-order chi connectivity index (χ1) is 0. The zero-order valence-electron chi connectivity index (χ0n) is 2.89. The zero-order chi connectivity index (χ0) is 0. The Morgan fingerprint density at radius 2 is 0.750 bits per heavy atom. The van der Waals surface area contributed by atoms with Gasteiger partial charge in [0.1, 0.15) is 0 Å². The van der Waals surface area contributed by atoms with Crippen molar-refractivity contribution in [3.05, 3.63) is 0 Å². The Morgan fingerprint density at radius 3 is 0.750 bits per heavy atom. The largest absolute Gasteiger partial charge is 1.00 e. The Balaban J connectivity index is 0. The fraction of sp³-hybridized carbons (Fsp3) is 0. The Hall–Kier alpha value is 2.30. The fourth-order valence-electron chi connectivity index (χ4n) is 0. The molecule has 0 radical (unpaired) electrons. The van der Waals surface area contributed by atoms with Gasteiger partial charge in [-0.15, -0.1) is 0 Å². The minimum absolute atomic E-state index is 0. The Morgan fingerprint density at radius 1 is 0.750 bits per heavy atom. The maximum absolute atomic E-state index is 0. The van der Waals surface area contributed by atoms with E-state index in [1.54, 1.807) is 0 Å². The van der Waals surface area contributed by atoms with Crippen molar-refractivity contribution in [2.45, 2.75) is 0 Å². The van der Waals surface area contributed by atoms with Crippen molar-refractivity contribution in [1.29, 1.82) is 0 Å². The van der Waals surface area contributed by atoms with Gasteiger partial charge in [0.2, 0.25) is 0 Å². The van der Waals surface area contributed by atoms with Crippen molar-refractivity contribution in [3.63, 3.8) is 0 Å². The van der Waals surface area contributed by atoms with E-state index in [4.69, 9.17) is 0 Å². The van der Waals surface area contributed by atoms with Crippen LogP contribution in [0.5, 0.6) is 0 Å². The Kier molecular flexibility index (Phi) is 155. The van der Waals surface area contributed by atoms with E-state index in [1.807, 2.05) is 0 Å². The molecule has 0 fully saturated rings. The molecule has 0 bridgehead atoms. The SMILES string of the molecule is [Li+].[Na+].[SH-].[SH-]. The van der Waals surface area contributed by atoms with E-state index >= 15 is 0 Å². The molecule has 0 aliphatic rings. The normalized spacial score (nSPS) is 0. The van der Waals surface area contributed by atoms with Gasteiger partial charge in [0.15, 0.2) is 0 Å². The second-order valence-electron chi connectivity index (χ2n) is 0. The van der Waals surface area contributed by atoms with Crippen LogP contribution in [0.4, 0.5) is 0 Å². The summed E-state index contributed by atoms with van der Waals surface area (Å²) in [5.41, 5.74) is 0. The van der Waals surface area contributed by atoms with E-state index in [2.05, 4.69) is 0 Å². The van der Waals surface area contributed by atoms with E-state index in [0.717, 1.165) is 0 Å². The first-order valence-corrected chi connectivity index (χ1v) is 0. The smallest absolute Gasteiger partial charge is 0.813 e. The molecule has 0 spiro atoms. The molecule has 0 aliphatic heterocycles. The second kappa shape index (κ2) is 18.5. The molecule has 0 aromatic rings.